The molecule has 0 radical (unpaired) electrons. The Kier molecular flexibility index (Phi) is 5.20. The van der Waals surface area contributed by atoms with E-state index in [4.69, 9.17) is 0 Å². The van der Waals surface area contributed by atoms with Gasteiger partial charge in [-0.2, -0.15) is 5.10 Å². The van der Waals surface area contributed by atoms with Crippen LogP contribution in [-0.4, -0.2) is 52.4 Å². The van der Waals surface area contributed by atoms with Crippen molar-refractivity contribution >= 4 is 11.6 Å². The Balaban J connectivity index is 1.63. The lowest BCUT2D eigenvalue weighted by Crippen LogP contribution is -2.47. The van der Waals surface area contributed by atoms with Crippen molar-refractivity contribution in [2.24, 2.45) is 0 Å². The van der Waals surface area contributed by atoms with Gasteiger partial charge in [0.2, 0.25) is 5.95 Å². The molecule has 0 atom stereocenters. The summed E-state index contributed by atoms with van der Waals surface area (Å²) < 4.78 is 25.5. The molecule has 3 heterocycles. The van der Waals surface area contributed by atoms with Crippen LogP contribution < -0.4 is 15.4 Å². The van der Waals surface area contributed by atoms with Crippen molar-refractivity contribution in [2.75, 3.05) is 36.0 Å². The monoisotopic (exact) mass is 350 g/mol. The number of anilines is 2. The number of aromatic nitrogens is 4. The van der Waals surface area contributed by atoms with E-state index < -0.39 is 18.5 Å². The molecule has 0 bridgehead atoms. The molecule has 0 saturated carbocycles. The number of piperazine rings is 1. The predicted octanol–water partition coefficient (Wildman–Crippen LogP) is 1.19. The first-order chi connectivity index (χ1) is 12.1. The van der Waals surface area contributed by atoms with Crippen molar-refractivity contribution in [3.63, 3.8) is 0 Å². The van der Waals surface area contributed by atoms with Gasteiger partial charge in [0.15, 0.2) is 0 Å². The van der Waals surface area contributed by atoms with Gasteiger partial charge in [0.05, 0.1) is 11.9 Å². The predicted molar refractivity (Wildman–Crippen MR) is 90.3 cm³/mol. The molecule has 0 amide bonds. The van der Waals surface area contributed by atoms with E-state index in [2.05, 4.69) is 26.9 Å². The first kappa shape index (κ1) is 17.2. The Morgan fingerprint density at radius 2 is 1.72 bits per heavy atom. The Bertz CT molecular complexity index is 756. The largest absolute Gasteiger partial charge is 0.367 e. The second-order valence-corrected chi connectivity index (χ2v) is 5.84. The third-order valence-corrected chi connectivity index (χ3v) is 4.19. The van der Waals surface area contributed by atoms with Gasteiger partial charge >= 0.3 is 0 Å². The lowest BCUT2D eigenvalue weighted by atomic mass is 10.2. The molecule has 0 aromatic carbocycles. The molecule has 1 aliphatic rings. The molecule has 1 saturated heterocycles. The van der Waals surface area contributed by atoms with Crippen molar-refractivity contribution in [1.82, 2.24) is 19.7 Å². The summed E-state index contributed by atoms with van der Waals surface area (Å²) in [5.74, 6) is 0.697. The number of hydrogen-bond donors (Lipinski definition) is 0. The zero-order valence-electron chi connectivity index (χ0n) is 14.0. The van der Waals surface area contributed by atoms with Crippen molar-refractivity contribution < 1.29 is 8.78 Å². The Morgan fingerprint density at radius 1 is 1.08 bits per heavy atom. The maximum Gasteiger partial charge on any atom is 0.269 e. The second-order valence-electron chi connectivity index (χ2n) is 5.84. The molecule has 0 aliphatic carbocycles. The lowest BCUT2D eigenvalue weighted by molar-refractivity contribution is 0.119. The summed E-state index contributed by atoms with van der Waals surface area (Å²) in [5, 5.41) is 3.83. The van der Waals surface area contributed by atoms with Crippen LogP contribution in [0.15, 0.2) is 29.5 Å². The summed E-state index contributed by atoms with van der Waals surface area (Å²) in [7, 11) is 0. The van der Waals surface area contributed by atoms with Crippen LogP contribution in [0.2, 0.25) is 0 Å². The van der Waals surface area contributed by atoms with Crippen LogP contribution in [0.1, 0.15) is 12.5 Å². The Morgan fingerprint density at radius 3 is 2.28 bits per heavy atom. The fourth-order valence-electron chi connectivity index (χ4n) is 2.72. The summed E-state index contributed by atoms with van der Waals surface area (Å²) in [6, 6.07) is 1.36. The van der Waals surface area contributed by atoms with E-state index in [1.165, 1.54) is 12.3 Å². The Hall–Kier alpha value is -2.58. The normalized spacial score (nSPS) is 15.0. The van der Waals surface area contributed by atoms with Gasteiger partial charge in [-0.1, -0.05) is 6.92 Å². The van der Waals surface area contributed by atoms with Crippen molar-refractivity contribution in [3.05, 3.63) is 40.6 Å². The van der Waals surface area contributed by atoms with Crippen LogP contribution >= 0.6 is 0 Å². The van der Waals surface area contributed by atoms with Gasteiger partial charge in [-0.3, -0.25) is 4.79 Å². The van der Waals surface area contributed by atoms with E-state index in [0.29, 0.717) is 37.8 Å². The molecular weight excluding hydrogens is 330 g/mol. The summed E-state index contributed by atoms with van der Waals surface area (Å²) >= 11 is 0. The van der Waals surface area contributed by atoms with E-state index in [0.717, 1.165) is 16.7 Å². The average molecular weight is 350 g/mol. The number of halogens is 2. The van der Waals surface area contributed by atoms with E-state index >= 15 is 0 Å². The van der Waals surface area contributed by atoms with E-state index in [9.17, 15) is 13.6 Å². The van der Waals surface area contributed by atoms with E-state index in [-0.39, 0.29) is 0 Å². The minimum absolute atomic E-state index is 0.515. The fraction of sp³-hybridized carbons (Fsp3) is 0.500. The number of rotatable bonds is 5. The summed E-state index contributed by atoms with van der Waals surface area (Å²) in [4.78, 5) is 24.7. The van der Waals surface area contributed by atoms with Crippen molar-refractivity contribution in [1.29, 1.82) is 0 Å². The molecule has 0 N–H and O–H groups in total. The third kappa shape index (κ3) is 4.09. The molecule has 0 spiro atoms. The second kappa shape index (κ2) is 7.54. The highest BCUT2D eigenvalue weighted by atomic mass is 19.3. The average Bonchev–Trinajstić information content (AvgIpc) is 2.63. The highest BCUT2D eigenvalue weighted by Crippen LogP contribution is 2.16. The van der Waals surface area contributed by atoms with Crippen LogP contribution in [0.5, 0.6) is 0 Å². The molecule has 3 rings (SSSR count). The van der Waals surface area contributed by atoms with E-state index in [1.807, 2.05) is 17.3 Å². The SMILES string of the molecule is CCc1cnc(N2CCN(c3cnn(CC(F)F)c(=O)c3)CC2)nc1. The van der Waals surface area contributed by atoms with Crippen LogP contribution in [0.25, 0.3) is 0 Å². The van der Waals surface area contributed by atoms with Crippen LogP contribution in [-0.2, 0) is 13.0 Å². The summed E-state index contributed by atoms with van der Waals surface area (Å²) in [6.07, 6.45) is 3.44. The van der Waals surface area contributed by atoms with Crippen molar-refractivity contribution in [3.8, 4) is 0 Å². The quantitative estimate of drug-likeness (QED) is 0.807. The van der Waals surface area contributed by atoms with Gasteiger partial charge in [-0.05, 0) is 12.0 Å². The maximum atomic E-state index is 12.4. The lowest BCUT2D eigenvalue weighted by Gasteiger charge is -2.35. The molecule has 1 fully saturated rings. The van der Waals surface area contributed by atoms with Crippen LogP contribution in [0.3, 0.4) is 0 Å². The molecule has 2 aromatic rings. The smallest absolute Gasteiger partial charge is 0.269 e. The molecular formula is C16H20F2N6O. The summed E-state index contributed by atoms with van der Waals surface area (Å²) in [6.45, 7) is 4.16. The molecule has 2 aromatic heterocycles. The molecule has 134 valence electrons. The Labute approximate surface area is 143 Å². The maximum absolute atomic E-state index is 12.4. The van der Waals surface area contributed by atoms with Gasteiger partial charge in [-0.25, -0.2) is 23.4 Å². The molecule has 7 nitrogen and oxygen atoms in total. The first-order valence-corrected chi connectivity index (χ1v) is 8.23. The van der Waals surface area contributed by atoms with E-state index in [1.54, 1.807) is 0 Å². The van der Waals surface area contributed by atoms with Gasteiger partial charge in [0, 0.05) is 44.6 Å². The fourth-order valence-corrected chi connectivity index (χ4v) is 2.72. The van der Waals surface area contributed by atoms with Gasteiger partial charge in [0.1, 0.15) is 6.54 Å². The zero-order valence-corrected chi connectivity index (χ0v) is 14.0. The third-order valence-electron chi connectivity index (χ3n) is 4.19. The molecule has 9 heteroatoms. The van der Waals surface area contributed by atoms with Gasteiger partial charge in [0.25, 0.3) is 12.0 Å². The zero-order chi connectivity index (χ0) is 17.8. The number of alkyl halides is 2. The minimum Gasteiger partial charge on any atom is -0.367 e. The van der Waals surface area contributed by atoms with Crippen molar-refractivity contribution in [2.45, 2.75) is 26.3 Å². The highest BCUT2D eigenvalue weighted by molar-refractivity contribution is 5.45. The first-order valence-electron chi connectivity index (χ1n) is 8.23. The number of nitrogens with zero attached hydrogens (tertiary/aromatic N) is 6. The highest BCUT2D eigenvalue weighted by Gasteiger charge is 2.20. The molecule has 0 unspecified atom stereocenters. The van der Waals surface area contributed by atoms with Gasteiger partial charge in [-0.15, -0.1) is 0 Å². The molecule has 1 aliphatic heterocycles. The topological polar surface area (TPSA) is 67.2 Å². The summed E-state index contributed by atoms with van der Waals surface area (Å²) in [5.41, 5.74) is 1.23. The van der Waals surface area contributed by atoms with Crippen LogP contribution in [0.4, 0.5) is 20.4 Å². The van der Waals surface area contributed by atoms with Crippen LogP contribution in [0, 0.1) is 0 Å². The van der Waals surface area contributed by atoms with Gasteiger partial charge < -0.3 is 9.80 Å². The number of hydrogen-bond acceptors (Lipinski definition) is 6. The number of aryl methyl sites for hydroxylation is 1. The molecule has 25 heavy (non-hydrogen) atoms. The minimum atomic E-state index is -2.60. The standard InChI is InChI=1S/C16H20F2N6O/c1-2-12-8-19-16(20-9-12)23-5-3-22(4-6-23)13-7-15(25)24(21-10-13)11-14(17)18/h7-10,14H,2-6,11H2,1H3.